The van der Waals surface area contributed by atoms with Crippen molar-refractivity contribution < 1.29 is 37.3 Å². The molecule has 2 saturated heterocycles. The Morgan fingerprint density at radius 3 is 2.59 bits per heavy atom. The van der Waals surface area contributed by atoms with Crippen LogP contribution in [-0.4, -0.2) is 84.6 Å². The van der Waals surface area contributed by atoms with E-state index in [1.807, 2.05) is 23.1 Å². The Bertz CT molecular complexity index is 687. The second-order valence-corrected chi connectivity index (χ2v) is 6.99. The third-order valence-electron chi connectivity index (χ3n) is 4.71. The summed E-state index contributed by atoms with van der Waals surface area (Å²) >= 11 is 0. The van der Waals surface area contributed by atoms with Crippen LogP contribution >= 0.6 is 0 Å². The highest BCUT2D eigenvalue weighted by molar-refractivity contribution is 5.74. The largest absolute Gasteiger partial charge is 0.490 e. The fourth-order valence-corrected chi connectivity index (χ4v) is 3.28. The summed E-state index contributed by atoms with van der Waals surface area (Å²) in [5.74, 6) is -1.22. The second kappa shape index (κ2) is 9.77. The van der Waals surface area contributed by atoms with Gasteiger partial charge in [-0.05, 0) is 18.4 Å². The second-order valence-electron chi connectivity index (χ2n) is 6.99. The van der Waals surface area contributed by atoms with Gasteiger partial charge in [0.1, 0.15) is 0 Å². The summed E-state index contributed by atoms with van der Waals surface area (Å²) in [6.07, 6.45) is -2.24. The van der Waals surface area contributed by atoms with Gasteiger partial charge in [0.25, 0.3) is 0 Å². The van der Waals surface area contributed by atoms with Crippen molar-refractivity contribution in [2.75, 3.05) is 40.4 Å². The molecule has 162 valence electrons. The van der Waals surface area contributed by atoms with Crippen LogP contribution < -0.4 is 4.74 Å². The molecule has 11 heteroatoms. The maximum Gasteiger partial charge on any atom is 0.490 e. The van der Waals surface area contributed by atoms with Crippen LogP contribution in [0.25, 0.3) is 0 Å². The number of urea groups is 1. The van der Waals surface area contributed by atoms with Crippen LogP contribution in [0.3, 0.4) is 0 Å². The topological polar surface area (TPSA) is 92.2 Å². The van der Waals surface area contributed by atoms with Gasteiger partial charge >= 0.3 is 18.2 Å². The quantitative estimate of drug-likeness (QED) is 0.804. The Kier molecular flexibility index (Phi) is 7.66. The molecule has 1 aromatic rings. The molecule has 2 fully saturated rings. The number of hydrogen-bond donors (Lipinski definition) is 1. The van der Waals surface area contributed by atoms with Crippen molar-refractivity contribution in [1.82, 2.24) is 14.8 Å². The van der Waals surface area contributed by atoms with Gasteiger partial charge in [-0.2, -0.15) is 13.2 Å². The van der Waals surface area contributed by atoms with Gasteiger partial charge in [0, 0.05) is 45.4 Å². The highest BCUT2D eigenvalue weighted by Gasteiger charge is 2.45. The minimum absolute atomic E-state index is 0.0708. The summed E-state index contributed by atoms with van der Waals surface area (Å²) in [7, 11) is 3.57. The van der Waals surface area contributed by atoms with Crippen molar-refractivity contribution in [1.29, 1.82) is 0 Å². The van der Waals surface area contributed by atoms with Gasteiger partial charge in [-0.15, -0.1) is 0 Å². The van der Waals surface area contributed by atoms with E-state index in [0.717, 1.165) is 19.6 Å². The lowest BCUT2D eigenvalue weighted by Crippen LogP contribution is -2.39. The van der Waals surface area contributed by atoms with Crippen molar-refractivity contribution in [2.24, 2.45) is 11.8 Å². The molecule has 3 atom stereocenters. The first-order valence-corrected chi connectivity index (χ1v) is 9.01. The number of aromatic nitrogens is 1. The molecule has 0 aromatic carbocycles. The van der Waals surface area contributed by atoms with Crippen molar-refractivity contribution in [3.63, 3.8) is 0 Å². The molecule has 3 heterocycles. The van der Waals surface area contributed by atoms with E-state index in [0.29, 0.717) is 30.9 Å². The molecule has 2 aliphatic rings. The van der Waals surface area contributed by atoms with E-state index in [4.69, 9.17) is 19.4 Å². The van der Waals surface area contributed by atoms with Gasteiger partial charge in [0.15, 0.2) is 0 Å². The van der Waals surface area contributed by atoms with E-state index in [-0.39, 0.29) is 12.1 Å². The van der Waals surface area contributed by atoms with Gasteiger partial charge in [-0.3, -0.25) is 0 Å². The normalized spacial score (nSPS) is 23.1. The number of nitrogens with zero attached hydrogens (tertiary/aromatic N) is 3. The molecule has 0 aliphatic carbocycles. The molecule has 0 bridgehead atoms. The number of carbonyl (C=O) groups excluding carboxylic acids is 1. The van der Waals surface area contributed by atoms with Crippen LogP contribution in [0, 0.1) is 11.8 Å². The standard InChI is InChI=1S/C16H23N3O3.C2HF3O2/c1-18(2)16(20)19-9-13-12(11-22-14(13)10-19)6-8-21-15-5-3-4-7-17-15;3-2(4,5)1(6)7/h3-5,7,12-14H,6,8-11H2,1-2H3;(H,6,7)/t12-,13-,14-;/m0./s1. The van der Waals surface area contributed by atoms with Crippen LogP contribution in [0.1, 0.15) is 6.42 Å². The smallest absolute Gasteiger partial charge is 0.478 e. The molecular weight excluding hydrogens is 395 g/mol. The minimum Gasteiger partial charge on any atom is -0.478 e. The number of pyridine rings is 1. The molecular formula is C18H24F3N3O5. The molecule has 29 heavy (non-hydrogen) atoms. The number of fused-ring (bicyclic) bond motifs is 1. The SMILES string of the molecule is CN(C)C(=O)N1C[C@H]2[C@@H](CCOc3ccccn3)CO[C@H]2C1.O=C(O)C(F)(F)F. The minimum atomic E-state index is -5.08. The van der Waals surface area contributed by atoms with Crippen LogP contribution in [0.2, 0.25) is 0 Å². The van der Waals surface area contributed by atoms with Crippen LogP contribution in [-0.2, 0) is 9.53 Å². The predicted molar refractivity (Wildman–Crippen MR) is 95.4 cm³/mol. The molecule has 0 unspecified atom stereocenters. The zero-order valence-electron chi connectivity index (χ0n) is 16.1. The highest BCUT2D eigenvalue weighted by atomic mass is 19.4. The Balaban J connectivity index is 0.000000370. The molecule has 0 saturated carbocycles. The van der Waals surface area contributed by atoms with Crippen molar-refractivity contribution in [3.05, 3.63) is 24.4 Å². The molecule has 2 amide bonds. The number of carboxylic acids is 1. The molecule has 3 rings (SSSR count). The fraction of sp³-hybridized carbons (Fsp3) is 0.611. The lowest BCUT2D eigenvalue weighted by Gasteiger charge is -2.23. The van der Waals surface area contributed by atoms with Crippen molar-refractivity contribution >= 4 is 12.0 Å². The molecule has 1 aromatic heterocycles. The first-order valence-electron chi connectivity index (χ1n) is 9.01. The summed E-state index contributed by atoms with van der Waals surface area (Å²) < 4.78 is 43.3. The summed E-state index contributed by atoms with van der Waals surface area (Å²) in [6.45, 7) is 2.90. The number of alkyl halides is 3. The van der Waals surface area contributed by atoms with E-state index in [1.165, 1.54) is 0 Å². The summed E-state index contributed by atoms with van der Waals surface area (Å²) in [5.41, 5.74) is 0. The first-order chi connectivity index (χ1) is 13.6. The number of aliphatic carboxylic acids is 1. The average Bonchev–Trinajstić information content (AvgIpc) is 3.23. The number of rotatable bonds is 4. The third-order valence-corrected chi connectivity index (χ3v) is 4.71. The Morgan fingerprint density at radius 2 is 2.03 bits per heavy atom. The molecule has 1 N–H and O–H groups in total. The lowest BCUT2D eigenvalue weighted by molar-refractivity contribution is -0.192. The fourth-order valence-electron chi connectivity index (χ4n) is 3.28. The van der Waals surface area contributed by atoms with Gasteiger partial charge in [0.2, 0.25) is 5.88 Å². The number of amides is 2. The third kappa shape index (κ3) is 6.48. The van der Waals surface area contributed by atoms with Crippen LogP contribution in [0.4, 0.5) is 18.0 Å². The average molecular weight is 419 g/mol. The van der Waals surface area contributed by atoms with Gasteiger partial charge in [-0.1, -0.05) is 6.07 Å². The summed E-state index contributed by atoms with van der Waals surface area (Å²) in [5, 5.41) is 7.12. The first kappa shape index (κ1) is 22.7. The molecule has 8 nitrogen and oxygen atoms in total. The van der Waals surface area contributed by atoms with Gasteiger partial charge in [0.05, 0.1) is 19.3 Å². The number of likely N-dealkylation sites (tertiary alicyclic amines) is 1. The van der Waals surface area contributed by atoms with E-state index in [2.05, 4.69) is 4.98 Å². The Labute approximate surface area is 166 Å². The number of hydrogen-bond acceptors (Lipinski definition) is 5. The van der Waals surface area contributed by atoms with E-state index in [1.54, 1.807) is 25.2 Å². The summed E-state index contributed by atoms with van der Waals surface area (Å²) in [6, 6.07) is 5.72. The lowest BCUT2D eigenvalue weighted by atomic mass is 9.91. The molecule has 0 spiro atoms. The van der Waals surface area contributed by atoms with E-state index in [9.17, 15) is 18.0 Å². The molecule has 2 aliphatic heterocycles. The number of halogens is 3. The highest BCUT2D eigenvalue weighted by Crippen LogP contribution is 2.35. The van der Waals surface area contributed by atoms with Crippen molar-refractivity contribution in [2.45, 2.75) is 18.7 Å². The maximum absolute atomic E-state index is 12.0. The van der Waals surface area contributed by atoms with Crippen LogP contribution in [0.5, 0.6) is 5.88 Å². The Hall–Kier alpha value is -2.56. The summed E-state index contributed by atoms with van der Waals surface area (Å²) in [4.78, 5) is 28.6. The van der Waals surface area contributed by atoms with Gasteiger partial charge < -0.3 is 24.4 Å². The monoisotopic (exact) mass is 419 g/mol. The van der Waals surface area contributed by atoms with Gasteiger partial charge in [-0.25, -0.2) is 14.6 Å². The molecule has 0 radical (unpaired) electrons. The zero-order chi connectivity index (χ0) is 21.6. The van der Waals surface area contributed by atoms with Crippen LogP contribution in [0.15, 0.2) is 24.4 Å². The van der Waals surface area contributed by atoms with Crippen molar-refractivity contribution in [3.8, 4) is 5.88 Å². The zero-order valence-corrected chi connectivity index (χ0v) is 16.1. The Morgan fingerprint density at radius 1 is 1.34 bits per heavy atom. The predicted octanol–water partition coefficient (Wildman–Crippen LogP) is 2.11. The maximum atomic E-state index is 12.0. The van der Waals surface area contributed by atoms with E-state index < -0.39 is 12.1 Å². The number of carbonyl (C=O) groups is 2. The number of ether oxygens (including phenoxy) is 2. The van der Waals surface area contributed by atoms with E-state index >= 15 is 0 Å². The number of carboxylic acid groups (broad SMARTS) is 1.